The summed E-state index contributed by atoms with van der Waals surface area (Å²) in [6, 6.07) is 4.96. The minimum Gasteiger partial charge on any atom is -0.493 e. The Balaban J connectivity index is 3.07. The summed E-state index contributed by atoms with van der Waals surface area (Å²) in [5.74, 6) is 5.67. The normalized spacial score (nSPS) is 8.88. The summed E-state index contributed by atoms with van der Waals surface area (Å²) in [6.07, 6.45) is 0. The summed E-state index contributed by atoms with van der Waals surface area (Å²) in [7, 11) is 1.50. The van der Waals surface area contributed by atoms with Gasteiger partial charge in [0, 0.05) is 0 Å². The molecule has 4 heteroatoms. The predicted molar refractivity (Wildman–Crippen MR) is 60.5 cm³/mol. The van der Waals surface area contributed by atoms with E-state index in [1.165, 1.54) is 7.11 Å². The van der Waals surface area contributed by atoms with Gasteiger partial charge in [-0.05, 0) is 19.1 Å². The maximum Gasteiger partial charge on any atom is 0.252 e. The van der Waals surface area contributed by atoms with E-state index < -0.39 is 5.91 Å². The quantitative estimate of drug-likeness (QED) is 0.774. The fraction of sp³-hybridized carbons (Fsp3) is 0.250. The average molecular weight is 219 g/mol. The van der Waals surface area contributed by atoms with E-state index >= 15 is 0 Å². The van der Waals surface area contributed by atoms with Gasteiger partial charge in [-0.1, -0.05) is 12.0 Å². The van der Waals surface area contributed by atoms with Crippen LogP contribution >= 0.6 is 0 Å². The maximum absolute atomic E-state index is 11.2. The lowest BCUT2D eigenvalue weighted by molar-refractivity contribution is 0.0996. The van der Waals surface area contributed by atoms with E-state index in [0.717, 1.165) is 0 Å². The molecule has 0 unspecified atom stereocenters. The first kappa shape index (κ1) is 11.9. The van der Waals surface area contributed by atoms with Crippen molar-refractivity contribution in [1.29, 1.82) is 0 Å². The summed E-state index contributed by atoms with van der Waals surface area (Å²) in [5, 5.41) is 0. The highest BCUT2D eigenvalue weighted by Crippen LogP contribution is 2.30. The Labute approximate surface area is 94.3 Å². The number of benzene rings is 1. The van der Waals surface area contributed by atoms with Gasteiger partial charge in [0.15, 0.2) is 11.5 Å². The molecule has 0 radical (unpaired) electrons. The Morgan fingerprint density at radius 2 is 2.25 bits per heavy atom. The molecule has 0 heterocycles. The molecule has 84 valence electrons. The highest BCUT2D eigenvalue weighted by molar-refractivity contribution is 5.96. The van der Waals surface area contributed by atoms with Crippen LogP contribution in [-0.2, 0) is 0 Å². The largest absolute Gasteiger partial charge is 0.493 e. The van der Waals surface area contributed by atoms with Gasteiger partial charge in [-0.25, -0.2) is 0 Å². The Bertz CT molecular complexity index is 443. The predicted octanol–water partition coefficient (Wildman–Crippen LogP) is 1.20. The van der Waals surface area contributed by atoms with Crippen LogP contribution in [0, 0.1) is 11.8 Å². The zero-order valence-electron chi connectivity index (χ0n) is 9.24. The molecule has 0 aliphatic rings. The number of hydrogen-bond donors (Lipinski definition) is 1. The first-order chi connectivity index (χ1) is 7.70. The Morgan fingerprint density at radius 1 is 1.50 bits per heavy atom. The summed E-state index contributed by atoms with van der Waals surface area (Å²) in [4.78, 5) is 11.2. The van der Waals surface area contributed by atoms with Gasteiger partial charge in [-0.3, -0.25) is 4.79 Å². The van der Waals surface area contributed by atoms with Gasteiger partial charge in [0.2, 0.25) is 0 Å². The fourth-order valence-corrected chi connectivity index (χ4v) is 1.20. The molecule has 0 fully saturated rings. The van der Waals surface area contributed by atoms with Crippen molar-refractivity contribution in [3.63, 3.8) is 0 Å². The highest BCUT2D eigenvalue weighted by Gasteiger charge is 2.13. The second kappa shape index (κ2) is 5.66. The number of hydrogen-bond acceptors (Lipinski definition) is 3. The van der Waals surface area contributed by atoms with Crippen molar-refractivity contribution in [3.8, 4) is 23.3 Å². The van der Waals surface area contributed by atoms with Crippen molar-refractivity contribution in [2.45, 2.75) is 6.92 Å². The van der Waals surface area contributed by atoms with Crippen LogP contribution in [-0.4, -0.2) is 19.6 Å². The van der Waals surface area contributed by atoms with Crippen LogP contribution in [0.5, 0.6) is 11.5 Å². The number of para-hydroxylation sites is 1. The number of amides is 1. The lowest BCUT2D eigenvalue weighted by atomic mass is 10.2. The van der Waals surface area contributed by atoms with E-state index in [9.17, 15) is 4.79 Å². The first-order valence-corrected chi connectivity index (χ1v) is 4.70. The topological polar surface area (TPSA) is 61.6 Å². The monoisotopic (exact) mass is 219 g/mol. The molecule has 0 atom stereocenters. The zero-order chi connectivity index (χ0) is 12.0. The Hall–Kier alpha value is -2.15. The maximum atomic E-state index is 11.2. The van der Waals surface area contributed by atoms with E-state index in [1.54, 1.807) is 25.1 Å². The minimum atomic E-state index is -0.557. The van der Waals surface area contributed by atoms with Crippen LogP contribution < -0.4 is 15.2 Å². The molecule has 0 aliphatic carbocycles. The van der Waals surface area contributed by atoms with Crippen molar-refractivity contribution in [2.24, 2.45) is 5.73 Å². The van der Waals surface area contributed by atoms with Gasteiger partial charge in [-0.2, -0.15) is 0 Å². The number of carbonyl (C=O) groups is 1. The molecular weight excluding hydrogens is 206 g/mol. The summed E-state index contributed by atoms with van der Waals surface area (Å²) in [5.41, 5.74) is 5.52. The van der Waals surface area contributed by atoms with Crippen molar-refractivity contribution in [2.75, 3.05) is 13.7 Å². The van der Waals surface area contributed by atoms with Crippen molar-refractivity contribution < 1.29 is 14.3 Å². The van der Waals surface area contributed by atoms with E-state index in [1.807, 2.05) is 0 Å². The van der Waals surface area contributed by atoms with Gasteiger partial charge in [0.25, 0.3) is 5.91 Å². The van der Waals surface area contributed by atoms with E-state index in [-0.39, 0.29) is 12.2 Å². The lowest BCUT2D eigenvalue weighted by Crippen LogP contribution is -2.13. The second-order valence-electron chi connectivity index (χ2n) is 2.92. The standard InChI is InChI=1S/C12H13NO3/c1-3-4-8-16-11-9(12(13)14)6-5-7-10(11)15-2/h5-7H,8H2,1-2H3,(H2,13,14). The second-order valence-corrected chi connectivity index (χ2v) is 2.92. The van der Waals surface area contributed by atoms with Crippen molar-refractivity contribution >= 4 is 5.91 Å². The third-order valence-electron chi connectivity index (χ3n) is 1.93. The first-order valence-electron chi connectivity index (χ1n) is 4.70. The Kier molecular flexibility index (Phi) is 4.22. The number of primary amides is 1. The number of rotatable bonds is 4. The van der Waals surface area contributed by atoms with E-state index in [4.69, 9.17) is 15.2 Å². The van der Waals surface area contributed by atoms with Gasteiger partial charge < -0.3 is 15.2 Å². The van der Waals surface area contributed by atoms with Crippen LogP contribution in [0.15, 0.2) is 18.2 Å². The van der Waals surface area contributed by atoms with Crippen LogP contribution in [0.1, 0.15) is 17.3 Å². The molecule has 0 saturated heterocycles. The van der Waals surface area contributed by atoms with E-state index in [2.05, 4.69) is 11.8 Å². The zero-order valence-corrected chi connectivity index (χ0v) is 9.24. The molecule has 2 N–H and O–H groups in total. The SMILES string of the molecule is CC#CCOc1c(OC)cccc1C(N)=O. The molecule has 1 rings (SSSR count). The molecule has 0 bridgehead atoms. The molecule has 0 aliphatic heterocycles. The molecular formula is C12H13NO3. The molecule has 0 spiro atoms. The van der Waals surface area contributed by atoms with Crippen LogP contribution in [0.25, 0.3) is 0 Å². The third kappa shape index (κ3) is 2.67. The highest BCUT2D eigenvalue weighted by atomic mass is 16.5. The van der Waals surface area contributed by atoms with Crippen LogP contribution in [0.3, 0.4) is 0 Å². The molecule has 1 aromatic carbocycles. The smallest absolute Gasteiger partial charge is 0.252 e. The third-order valence-corrected chi connectivity index (χ3v) is 1.93. The summed E-state index contributed by atoms with van der Waals surface area (Å²) < 4.78 is 10.4. The molecule has 1 amide bonds. The Morgan fingerprint density at radius 3 is 2.81 bits per heavy atom. The molecule has 0 aromatic heterocycles. The van der Waals surface area contributed by atoms with E-state index in [0.29, 0.717) is 11.5 Å². The average Bonchev–Trinajstić information content (AvgIpc) is 2.29. The van der Waals surface area contributed by atoms with Crippen LogP contribution in [0.2, 0.25) is 0 Å². The van der Waals surface area contributed by atoms with Crippen LogP contribution in [0.4, 0.5) is 0 Å². The number of ether oxygens (including phenoxy) is 2. The van der Waals surface area contributed by atoms with Gasteiger partial charge in [0.05, 0.1) is 12.7 Å². The van der Waals surface area contributed by atoms with Gasteiger partial charge >= 0.3 is 0 Å². The van der Waals surface area contributed by atoms with Gasteiger partial charge in [0.1, 0.15) is 6.61 Å². The van der Waals surface area contributed by atoms with Gasteiger partial charge in [-0.15, -0.1) is 5.92 Å². The number of carbonyl (C=O) groups excluding carboxylic acids is 1. The lowest BCUT2D eigenvalue weighted by Gasteiger charge is -2.11. The molecule has 16 heavy (non-hydrogen) atoms. The van der Waals surface area contributed by atoms with Crippen molar-refractivity contribution in [3.05, 3.63) is 23.8 Å². The van der Waals surface area contributed by atoms with Crippen molar-refractivity contribution in [1.82, 2.24) is 0 Å². The summed E-state index contributed by atoms with van der Waals surface area (Å²) >= 11 is 0. The molecule has 0 saturated carbocycles. The summed E-state index contributed by atoms with van der Waals surface area (Å²) in [6.45, 7) is 1.90. The minimum absolute atomic E-state index is 0.192. The fourth-order valence-electron chi connectivity index (χ4n) is 1.20. The molecule has 4 nitrogen and oxygen atoms in total. The number of nitrogens with two attached hydrogens (primary N) is 1. The number of methoxy groups -OCH3 is 1. The molecule has 1 aromatic rings.